The Morgan fingerprint density at radius 3 is 2.21 bits per heavy atom. The van der Waals surface area contributed by atoms with Crippen molar-refractivity contribution in [3.63, 3.8) is 0 Å². The van der Waals surface area contributed by atoms with Gasteiger partial charge in [-0.3, -0.25) is 4.79 Å². The maximum atomic E-state index is 12.6. The molecule has 1 aliphatic rings. The number of sulfone groups is 1. The number of anilines is 1. The lowest BCUT2D eigenvalue weighted by molar-refractivity contribution is -0.119. The van der Waals surface area contributed by atoms with Crippen molar-refractivity contribution in [2.24, 2.45) is 0 Å². The van der Waals surface area contributed by atoms with Gasteiger partial charge in [0.1, 0.15) is 0 Å². The van der Waals surface area contributed by atoms with Crippen molar-refractivity contribution in [2.75, 3.05) is 44.5 Å². The Balaban J connectivity index is 1.60. The molecule has 1 amide bonds. The van der Waals surface area contributed by atoms with Crippen LogP contribution in [0.25, 0.3) is 0 Å². The van der Waals surface area contributed by atoms with E-state index in [9.17, 15) is 26.4 Å². The highest BCUT2D eigenvalue weighted by atomic mass is 32.2. The Labute approximate surface area is 192 Å². The predicted octanol–water partition coefficient (Wildman–Crippen LogP) is 1.21. The van der Waals surface area contributed by atoms with Gasteiger partial charge in [-0.15, -0.1) is 0 Å². The number of esters is 1. The molecule has 0 unspecified atom stereocenters. The summed E-state index contributed by atoms with van der Waals surface area (Å²) in [6.07, 6.45) is 1.03. The smallest absolute Gasteiger partial charge is 0.338 e. The monoisotopic (exact) mass is 496 g/mol. The largest absolute Gasteiger partial charge is 0.452 e. The number of hydrogen-bond acceptors (Lipinski definition) is 8. The van der Waals surface area contributed by atoms with Crippen molar-refractivity contribution in [3.8, 4) is 0 Å². The van der Waals surface area contributed by atoms with Crippen LogP contribution in [-0.4, -0.2) is 72.2 Å². The number of nitrogens with one attached hydrogen (secondary N) is 1. The van der Waals surface area contributed by atoms with E-state index in [0.717, 1.165) is 6.26 Å². The second-order valence-corrected chi connectivity index (χ2v) is 11.4. The van der Waals surface area contributed by atoms with Gasteiger partial charge < -0.3 is 14.8 Å². The van der Waals surface area contributed by atoms with Gasteiger partial charge in [-0.1, -0.05) is 6.07 Å². The number of benzene rings is 2. The summed E-state index contributed by atoms with van der Waals surface area (Å²) in [4.78, 5) is 24.6. The summed E-state index contributed by atoms with van der Waals surface area (Å²) in [6, 6.07) is 9.72. The molecule has 1 fully saturated rings. The van der Waals surface area contributed by atoms with Gasteiger partial charge in [0.2, 0.25) is 10.0 Å². The number of nitrogens with zero attached hydrogens (tertiary/aromatic N) is 1. The highest BCUT2D eigenvalue weighted by Crippen LogP contribution is 2.20. The molecule has 3 rings (SSSR count). The number of rotatable bonds is 7. The predicted molar refractivity (Wildman–Crippen MR) is 119 cm³/mol. The third-order valence-electron chi connectivity index (χ3n) is 4.94. The third-order valence-corrected chi connectivity index (χ3v) is 7.96. The molecule has 1 aliphatic heterocycles. The summed E-state index contributed by atoms with van der Waals surface area (Å²) in [6.45, 7) is 2.25. The second kappa shape index (κ2) is 10.00. The van der Waals surface area contributed by atoms with Crippen LogP contribution >= 0.6 is 0 Å². The molecular weight excluding hydrogens is 472 g/mol. The number of morpholine rings is 1. The van der Waals surface area contributed by atoms with Crippen LogP contribution in [-0.2, 0) is 34.1 Å². The number of amides is 1. The zero-order valence-electron chi connectivity index (χ0n) is 18.1. The molecule has 1 heterocycles. The van der Waals surface area contributed by atoms with E-state index in [1.165, 1.54) is 46.8 Å². The van der Waals surface area contributed by atoms with Gasteiger partial charge in [-0.25, -0.2) is 21.6 Å². The van der Waals surface area contributed by atoms with Gasteiger partial charge in [-0.05, 0) is 48.9 Å². The maximum Gasteiger partial charge on any atom is 0.338 e. The van der Waals surface area contributed by atoms with Crippen LogP contribution < -0.4 is 5.32 Å². The number of carbonyl (C=O) groups is 2. The Morgan fingerprint density at radius 1 is 1.00 bits per heavy atom. The fraction of sp³-hybridized carbons (Fsp3) is 0.333. The molecule has 0 bridgehead atoms. The quantitative estimate of drug-likeness (QED) is 0.565. The highest BCUT2D eigenvalue weighted by molar-refractivity contribution is 7.90. The van der Waals surface area contributed by atoms with E-state index >= 15 is 0 Å². The first kappa shape index (κ1) is 24.8. The van der Waals surface area contributed by atoms with Crippen molar-refractivity contribution >= 4 is 37.4 Å². The van der Waals surface area contributed by atoms with E-state index in [-0.39, 0.29) is 28.4 Å². The minimum atomic E-state index is -3.65. The van der Waals surface area contributed by atoms with Crippen LogP contribution in [0.3, 0.4) is 0 Å². The standard InChI is InChI=1S/C21H24N2O8S2/c1-15-3-6-18(32(2,26)27)13-19(15)21(25)31-14-20(24)22-16-4-7-17(8-5-16)33(28,29)23-9-11-30-12-10-23/h3-8,13H,9-12,14H2,1-2H3,(H,22,24). The molecule has 0 aromatic heterocycles. The summed E-state index contributed by atoms with van der Waals surface area (Å²) in [7, 11) is -7.16. The summed E-state index contributed by atoms with van der Waals surface area (Å²) >= 11 is 0. The van der Waals surface area contributed by atoms with Gasteiger partial charge >= 0.3 is 5.97 Å². The van der Waals surface area contributed by atoms with E-state index in [1.807, 2.05) is 0 Å². The van der Waals surface area contributed by atoms with Crippen molar-refractivity contribution in [1.29, 1.82) is 0 Å². The lowest BCUT2D eigenvalue weighted by Gasteiger charge is -2.26. The lowest BCUT2D eigenvalue weighted by atomic mass is 10.1. The summed E-state index contributed by atoms with van der Waals surface area (Å²) in [5.41, 5.74) is 0.875. The first-order valence-electron chi connectivity index (χ1n) is 9.94. The minimum absolute atomic E-state index is 0.0309. The SMILES string of the molecule is Cc1ccc(S(C)(=O)=O)cc1C(=O)OCC(=O)Nc1ccc(S(=O)(=O)N2CCOCC2)cc1. The molecule has 0 aliphatic carbocycles. The molecule has 0 atom stereocenters. The summed E-state index contributed by atoms with van der Waals surface area (Å²) in [5.74, 6) is -1.47. The number of carbonyl (C=O) groups excluding carboxylic acids is 2. The van der Waals surface area contributed by atoms with Gasteiger partial charge in [0.05, 0.1) is 28.6 Å². The van der Waals surface area contributed by atoms with Crippen LogP contribution in [0.4, 0.5) is 5.69 Å². The molecule has 0 saturated carbocycles. The molecule has 0 radical (unpaired) electrons. The van der Waals surface area contributed by atoms with Crippen molar-refractivity contribution in [3.05, 3.63) is 53.6 Å². The normalized spacial score (nSPS) is 15.1. The van der Waals surface area contributed by atoms with E-state index in [4.69, 9.17) is 9.47 Å². The number of sulfonamides is 1. The maximum absolute atomic E-state index is 12.6. The van der Waals surface area contributed by atoms with Gasteiger partial charge in [0.25, 0.3) is 5.91 Å². The number of ether oxygens (including phenoxy) is 2. The first-order valence-corrected chi connectivity index (χ1v) is 13.3. The van der Waals surface area contributed by atoms with Crippen molar-refractivity contribution < 1.29 is 35.9 Å². The lowest BCUT2D eigenvalue weighted by Crippen LogP contribution is -2.40. The average molecular weight is 497 g/mol. The Bertz CT molecular complexity index is 1250. The summed E-state index contributed by atoms with van der Waals surface area (Å²) in [5, 5.41) is 2.52. The van der Waals surface area contributed by atoms with Crippen LogP contribution in [0.1, 0.15) is 15.9 Å². The van der Waals surface area contributed by atoms with Gasteiger partial charge in [0, 0.05) is 25.0 Å². The highest BCUT2D eigenvalue weighted by Gasteiger charge is 2.26. The fourth-order valence-corrected chi connectivity index (χ4v) is 5.16. The van der Waals surface area contributed by atoms with Crippen LogP contribution in [0.5, 0.6) is 0 Å². The van der Waals surface area contributed by atoms with E-state index < -0.39 is 38.3 Å². The van der Waals surface area contributed by atoms with Gasteiger partial charge in [0.15, 0.2) is 16.4 Å². The van der Waals surface area contributed by atoms with Crippen molar-refractivity contribution in [1.82, 2.24) is 4.31 Å². The Morgan fingerprint density at radius 2 is 1.61 bits per heavy atom. The number of hydrogen-bond donors (Lipinski definition) is 1. The van der Waals surface area contributed by atoms with Gasteiger partial charge in [-0.2, -0.15) is 4.31 Å². The Kier molecular flexibility index (Phi) is 7.52. The van der Waals surface area contributed by atoms with E-state index in [2.05, 4.69) is 5.32 Å². The molecule has 1 N–H and O–H groups in total. The zero-order valence-corrected chi connectivity index (χ0v) is 19.7. The molecule has 0 spiro atoms. The molecule has 1 saturated heterocycles. The minimum Gasteiger partial charge on any atom is -0.452 e. The third kappa shape index (κ3) is 6.16. The summed E-state index contributed by atoms with van der Waals surface area (Å²) < 4.78 is 60.2. The van der Waals surface area contributed by atoms with Crippen molar-refractivity contribution in [2.45, 2.75) is 16.7 Å². The average Bonchev–Trinajstić information content (AvgIpc) is 2.78. The fourth-order valence-electron chi connectivity index (χ4n) is 3.10. The number of aryl methyl sites for hydroxylation is 1. The molecule has 2 aromatic carbocycles. The molecule has 33 heavy (non-hydrogen) atoms. The van der Waals surface area contributed by atoms with Crippen LogP contribution in [0.15, 0.2) is 52.3 Å². The second-order valence-electron chi connectivity index (χ2n) is 7.41. The van der Waals surface area contributed by atoms with Crippen LogP contribution in [0.2, 0.25) is 0 Å². The Hall–Kier alpha value is -2.80. The van der Waals surface area contributed by atoms with E-state index in [1.54, 1.807) is 6.92 Å². The van der Waals surface area contributed by atoms with Crippen LogP contribution in [0, 0.1) is 6.92 Å². The first-order chi connectivity index (χ1) is 15.5. The molecular formula is C21H24N2O8S2. The molecule has 178 valence electrons. The molecule has 2 aromatic rings. The molecule has 10 nitrogen and oxygen atoms in total. The van der Waals surface area contributed by atoms with E-state index in [0.29, 0.717) is 24.5 Å². The zero-order chi connectivity index (χ0) is 24.2. The topological polar surface area (TPSA) is 136 Å². The molecule has 12 heteroatoms.